The van der Waals surface area contributed by atoms with Crippen LogP contribution in [0.4, 0.5) is 0 Å². The van der Waals surface area contributed by atoms with Gasteiger partial charge in [0.2, 0.25) is 0 Å². The van der Waals surface area contributed by atoms with E-state index in [9.17, 15) is 14.7 Å². The molecule has 0 aromatic heterocycles. The molecule has 0 spiro atoms. The van der Waals surface area contributed by atoms with E-state index in [1.54, 1.807) is 19.9 Å². The third-order valence-electron chi connectivity index (χ3n) is 3.54. The average molecular weight is 240 g/mol. The van der Waals surface area contributed by atoms with Gasteiger partial charge >= 0.3 is 5.97 Å². The minimum atomic E-state index is -0.610. The topological polar surface area (TPSA) is 63.6 Å². The van der Waals surface area contributed by atoms with E-state index in [4.69, 9.17) is 0 Å². The molecule has 0 saturated heterocycles. The maximum Gasteiger partial charge on any atom is 0.334 e. The van der Waals surface area contributed by atoms with Gasteiger partial charge in [-0.1, -0.05) is 13.0 Å². The van der Waals surface area contributed by atoms with Crippen molar-refractivity contribution in [3.05, 3.63) is 11.6 Å². The second kappa shape index (κ2) is 5.45. The number of hydrogen-bond acceptors (Lipinski definition) is 4. The fraction of sp³-hybridized carbons (Fsp3) is 0.692. The summed E-state index contributed by atoms with van der Waals surface area (Å²) in [5.41, 5.74) is 0.368. The van der Waals surface area contributed by atoms with Crippen LogP contribution in [0.25, 0.3) is 0 Å². The molecule has 4 heteroatoms. The van der Waals surface area contributed by atoms with Gasteiger partial charge in [-0.3, -0.25) is 4.79 Å². The maximum absolute atomic E-state index is 12.0. The standard InChI is InChI=1S/C13H20O4/c1-5-9(13(16)17-4)12-10(15)6-7(2)11(12)8(3)14/h5,7-8,11-12,14H,6H2,1-4H3/b9-5+/t7-,8?,11-,12-/m0/s1. The van der Waals surface area contributed by atoms with E-state index in [1.807, 2.05) is 6.92 Å². The number of ketones is 1. The van der Waals surface area contributed by atoms with E-state index < -0.39 is 18.0 Å². The summed E-state index contributed by atoms with van der Waals surface area (Å²) in [6, 6.07) is 0. The number of esters is 1. The Balaban J connectivity index is 3.08. The predicted molar refractivity (Wildman–Crippen MR) is 63.2 cm³/mol. The van der Waals surface area contributed by atoms with E-state index in [1.165, 1.54) is 7.11 Å². The number of rotatable bonds is 3. The molecule has 1 fully saturated rings. The number of hydrogen-bond donors (Lipinski definition) is 1. The molecule has 0 bridgehead atoms. The van der Waals surface area contributed by atoms with Crippen LogP contribution in [0.1, 0.15) is 27.2 Å². The number of allylic oxidation sites excluding steroid dienone is 1. The summed E-state index contributed by atoms with van der Waals surface area (Å²) in [6.07, 6.45) is 1.41. The van der Waals surface area contributed by atoms with Crippen molar-refractivity contribution in [3.8, 4) is 0 Å². The Bertz CT molecular complexity index is 343. The van der Waals surface area contributed by atoms with Crippen molar-refractivity contribution in [2.24, 2.45) is 17.8 Å². The minimum Gasteiger partial charge on any atom is -0.466 e. The smallest absolute Gasteiger partial charge is 0.334 e. The first-order valence-corrected chi connectivity index (χ1v) is 5.89. The Morgan fingerprint density at radius 1 is 1.59 bits per heavy atom. The lowest BCUT2D eigenvalue weighted by Gasteiger charge is -2.25. The van der Waals surface area contributed by atoms with Crippen LogP contribution in [0.3, 0.4) is 0 Å². The maximum atomic E-state index is 12.0. The first kappa shape index (κ1) is 13.9. The van der Waals surface area contributed by atoms with Crippen LogP contribution in [-0.2, 0) is 14.3 Å². The number of aliphatic hydroxyl groups is 1. The van der Waals surface area contributed by atoms with E-state index in [0.717, 1.165) is 0 Å². The summed E-state index contributed by atoms with van der Waals surface area (Å²) < 4.78 is 4.69. The van der Waals surface area contributed by atoms with Gasteiger partial charge < -0.3 is 9.84 Å². The first-order chi connectivity index (χ1) is 7.93. The fourth-order valence-corrected chi connectivity index (χ4v) is 2.80. The van der Waals surface area contributed by atoms with Crippen molar-refractivity contribution in [3.63, 3.8) is 0 Å². The molecular weight excluding hydrogens is 220 g/mol. The Labute approximate surface area is 102 Å². The molecule has 96 valence electrons. The van der Waals surface area contributed by atoms with Gasteiger partial charge in [0, 0.05) is 17.9 Å². The highest BCUT2D eigenvalue weighted by molar-refractivity contribution is 5.99. The van der Waals surface area contributed by atoms with E-state index in [2.05, 4.69) is 4.74 Å². The molecule has 1 saturated carbocycles. The van der Waals surface area contributed by atoms with Crippen LogP contribution < -0.4 is 0 Å². The van der Waals surface area contributed by atoms with E-state index in [-0.39, 0.29) is 17.6 Å². The molecule has 17 heavy (non-hydrogen) atoms. The molecule has 1 aliphatic rings. The summed E-state index contributed by atoms with van der Waals surface area (Å²) in [4.78, 5) is 23.6. The molecule has 1 unspecified atom stereocenters. The monoisotopic (exact) mass is 240 g/mol. The van der Waals surface area contributed by atoms with E-state index in [0.29, 0.717) is 12.0 Å². The van der Waals surface area contributed by atoms with Crippen LogP contribution >= 0.6 is 0 Å². The summed E-state index contributed by atoms with van der Waals surface area (Å²) in [5, 5.41) is 9.78. The Morgan fingerprint density at radius 3 is 2.59 bits per heavy atom. The lowest BCUT2D eigenvalue weighted by molar-refractivity contribution is -0.138. The summed E-state index contributed by atoms with van der Waals surface area (Å²) in [6.45, 7) is 5.30. The summed E-state index contributed by atoms with van der Waals surface area (Å²) >= 11 is 0. The highest BCUT2D eigenvalue weighted by atomic mass is 16.5. The second-order valence-corrected chi connectivity index (χ2v) is 4.68. The molecule has 1 rings (SSSR count). The molecule has 1 N–H and O–H groups in total. The molecule has 0 heterocycles. The quantitative estimate of drug-likeness (QED) is 0.597. The highest BCUT2D eigenvalue weighted by Crippen LogP contribution is 2.40. The first-order valence-electron chi connectivity index (χ1n) is 5.89. The van der Waals surface area contributed by atoms with E-state index >= 15 is 0 Å². The molecule has 0 aromatic rings. The van der Waals surface area contributed by atoms with Gasteiger partial charge in [0.05, 0.1) is 19.1 Å². The average Bonchev–Trinajstić information content (AvgIpc) is 2.55. The zero-order valence-corrected chi connectivity index (χ0v) is 10.8. The second-order valence-electron chi connectivity index (χ2n) is 4.68. The van der Waals surface area contributed by atoms with Crippen molar-refractivity contribution < 1.29 is 19.4 Å². The predicted octanol–water partition coefficient (Wildman–Crippen LogP) is 1.33. The Kier molecular flexibility index (Phi) is 4.46. The van der Waals surface area contributed by atoms with Crippen LogP contribution in [0, 0.1) is 17.8 Å². The normalized spacial score (nSPS) is 31.5. The minimum absolute atomic E-state index is 0.0156. The van der Waals surface area contributed by atoms with Gasteiger partial charge in [0.25, 0.3) is 0 Å². The molecule has 0 radical (unpaired) electrons. The zero-order chi connectivity index (χ0) is 13.2. The van der Waals surface area contributed by atoms with Crippen LogP contribution in [0.5, 0.6) is 0 Å². The molecule has 4 nitrogen and oxygen atoms in total. The van der Waals surface area contributed by atoms with Crippen molar-refractivity contribution in [2.45, 2.75) is 33.3 Å². The molecule has 0 aliphatic heterocycles. The molecular formula is C13H20O4. The Hall–Kier alpha value is -1.16. The third-order valence-corrected chi connectivity index (χ3v) is 3.54. The molecule has 0 amide bonds. The largest absolute Gasteiger partial charge is 0.466 e. The van der Waals surface area contributed by atoms with Crippen LogP contribution in [0.2, 0.25) is 0 Å². The van der Waals surface area contributed by atoms with Crippen molar-refractivity contribution >= 4 is 11.8 Å². The summed E-state index contributed by atoms with van der Waals surface area (Å²) in [7, 11) is 1.30. The van der Waals surface area contributed by atoms with Gasteiger partial charge in [-0.15, -0.1) is 0 Å². The lowest BCUT2D eigenvalue weighted by Crippen LogP contribution is -2.31. The third kappa shape index (κ3) is 2.57. The van der Waals surface area contributed by atoms with Crippen LogP contribution in [-0.4, -0.2) is 30.1 Å². The van der Waals surface area contributed by atoms with Gasteiger partial charge in [-0.2, -0.15) is 0 Å². The molecule has 1 aliphatic carbocycles. The van der Waals surface area contributed by atoms with Gasteiger partial charge in [0.15, 0.2) is 0 Å². The molecule has 0 aromatic carbocycles. The zero-order valence-electron chi connectivity index (χ0n) is 10.8. The van der Waals surface area contributed by atoms with Crippen LogP contribution in [0.15, 0.2) is 11.6 Å². The van der Waals surface area contributed by atoms with Gasteiger partial charge in [-0.05, 0) is 19.8 Å². The number of methoxy groups -OCH3 is 1. The highest BCUT2D eigenvalue weighted by Gasteiger charge is 2.45. The number of carbonyl (C=O) groups excluding carboxylic acids is 2. The van der Waals surface area contributed by atoms with Crippen molar-refractivity contribution in [1.29, 1.82) is 0 Å². The lowest BCUT2D eigenvalue weighted by atomic mass is 9.81. The van der Waals surface area contributed by atoms with Crippen molar-refractivity contribution in [1.82, 2.24) is 0 Å². The fourth-order valence-electron chi connectivity index (χ4n) is 2.80. The van der Waals surface area contributed by atoms with Gasteiger partial charge in [-0.25, -0.2) is 4.79 Å². The van der Waals surface area contributed by atoms with Crippen molar-refractivity contribution in [2.75, 3.05) is 7.11 Å². The Morgan fingerprint density at radius 2 is 2.18 bits per heavy atom. The van der Waals surface area contributed by atoms with Gasteiger partial charge in [0.1, 0.15) is 5.78 Å². The number of aliphatic hydroxyl groups excluding tert-OH is 1. The SMILES string of the molecule is C/C=C(/C(=O)OC)[C@H]1C(=O)C[C@H](C)[C@H]1C(C)O. The summed E-state index contributed by atoms with van der Waals surface area (Å²) in [5.74, 6) is -1.10. The molecule has 4 atom stereocenters. The number of ether oxygens (including phenoxy) is 1. The number of carbonyl (C=O) groups is 2. The number of Topliss-reactive ketones (excluding diaryl/α,β-unsaturated/α-hetero) is 1.